The molecule has 7 heteroatoms. The molecular formula is C22H23ClN2O3S. The number of thioether (sulfide) groups is 1. The van der Waals surface area contributed by atoms with Crippen LogP contribution in [0.4, 0.5) is 0 Å². The summed E-state index contributed by atoms with van der Waals surface area (Å²) in [5.74, 6) is 0.208. The zero-order chi connectivity index (χ0) is 21.1. The van der Waals surface area contributed by atoms with E-state index in [9.17, 15) is 9.59 Å². The van der Waals surface area contributed by atoms with Gasteiger partial charge in [0.15, 0.2) is 10.9 Å². The number of fused-ring (bicyclic) bond motifs is 1. The normalized spacial score (nSPS) is 11.2. The molecule has 0 aliphatic carbocycles. The minimum absolute atomic E-state index is 0.0173. The third-order valence-corrected chi connectivity index (χ3v) is 5.90. The Kier molecular flexibility index (Phi) is 6.77. The molecule has 0 unspecified atom stereocenters. The van der Waals surface area contributed by atoms with Crippen molar-refractivity contribution in [2.45, 2.75) is 32.5 Å². The van der Waals surface area contributed by atoms with Gasteiger partial charge in [0.2, 0.25) is 0 Å². The predicted molar refractivity (Wildman–Crippen MR) is 119 cm³/mol. The van der Waals surface area contributed by atoms with E-state index in [2.05, 4.69) is 4.98 Å². The average Bonchev–Trinajstić information content (AvgIpc) is 2.64. The highest BCUT2D eigenvalue weighted by Crippen LogP contribution is 2.23. The van der Waals surface area contributed by atoms with Crippen LogP contribution in [-0.4, -0.2) is 34.8 Å². The zero-order valence-corrected chi connectivity index (χ0v) is 18.5. The topological polar surface area (TPSA) is 61.2 Å². The Labute approximate surface area is 179 Å². The molecule has 0 bridgehead atoms. The lowest BCUT2D eigenvalue weighted by Crippen LogP contribution is -2.25. The number of carbonyl (C=O) groups is 1. The molecular weight excluding hydrogens is 408 g/mol. The van der Waals surface area contributed by atoms with Crippen molar-refractivity contribution >= 4 is 40.0 Å². The molecule has 0 aliphatic heterocycles. The number of carbonyl (C=O) groups excluding carboxylic acids is 1. The highest BCUT2D eigenvalue weighted by molar-refractivity contribution is 7.99. The molecule has 0 saturated heterocycles. The van der Waals surface area contributed by atoms with Crippen molar-refractivity contribution in [1.29, 1.82) is 0 Å². The van der Waals surface area contributed by atoms with Gasteiger partial charge in [-0.1, -0.05) is 41.1 Å². The van der Waals surface area contributed by atoms with Crippen LogP contribution < -0.4 is 5.56 Å². The molecule has 0 N–H and O–H groups in total. The maximum atomic E-state index is 13.0. The van der Waals surface area contributed by atoms with Crippen LogP contribution in [0, 0.1) is 20.8 Å². The number of methoxy groups -OCH3 is 1. The first-order chi connectivity index (χ1) is 13.8. The smallest absolute Gasteiger partial charge is 0.262 e. The van der Waals surface area contributed by atoms with Crippen LogP contribution in [-0.2, 0) is 11.3 Å². The molecule has 2 aromatic carbocycles. The van der Waals surface area contributed by atoms with Gasteiger partial charge in [-0.05, 0) is 50.1 Å². The number of aryl methyl sites for hydroxylation is 3. The van der Waals surface area contributed by atoms with Crippen LogP contribution in [0.5, 0.6) is 0 Å². The Morgan fingerprint density at radius 2 is 1.86 bits per heavy atom. The summed E-state index contributed by atoms with van der Waals surface area (Å²) in [4.78, 5) is 30.5. The predicted octanol–water partition coefficient (Wildman–Crippen LogP) is 4.60. The molecule has 5 nitrogen and oxygen atoms in total. The van der Waals surface area contributed by atoms with Gasteiger partial charge >= 0.3 is 0 Å². The molecule has 0 fully saturated rings. The number of hydrogen-bond donors (Lipinski definition) is 0. The number of Topliss-reactive ketones (excluding diaryl/α,β-unsaturated/α-hetero) is 1. The number of benzene rings is 2. The molecule has 0 saturated carbocycles. The van der Waals surface area contributed by atoms with Crippen LogP contribution in [0.1, 0.15) is 27.0 Å². The summed E-state index contributed by atoms with van der Waals surface area (Å²) < 4.78 is 6.70. The summed E-state index contributed by atoms with van der Waals surface area (Å²) in [5, 5.41) is 1.49. The maximum Gasteiger partial charge on any atom is 0.262 e. The summed E-state index contributed by atoms with van der Waals surface area (Å²) >= 11 is 7.33. The summed E-state index contributed by atoms with van der Waals surface area (Å²) in [6.07, 6.45) is 0. The zero-order valence-electron chi connectivity index (χ0n) is 16.9. The van der Waals surface area contributed by atoms with Crippen LogP contribution >= 0.6 is 23.4 Å². The Balaban J connectivity index is 1.96. The fraction of sp³-hybridized carbons (Fsp3) is 0.318. The van der Waals surface area contributed by atoms with Gasteiger partial charge in [-0.25, -0.2) is 4.98 Å². The molecule has 0 radical (unpaired) electrons. The number of nitrogens with zero attached hydrogens (tertiary/aromatic N) is 2. The lowest BCUT2D eigenvalue weighted by Gasteiger charge is -2.14. The van der Waals surface area contributed by atoms with E-state index in [1.54, 1.807) is 29.9 Å². The number of ketones is 1. The van der Waals surface area contributed by atoms with Gasteiger partial charge in [-0.3, -0.25) is 14.2 Å². The van der Waals surface area contributed by atoms with Gasteiger partial charge in [0.05, 0.1) is 29.8 Å². The van der Waals surface area contributed by atoms with Crippen LogP contribution in [0.25, 0.3) is 10.9 Å². The second-order valence-corrected chi connectivity index (χ2v) is 8.37. The van der Waals surface area contributed by atoms with Gasteiger partial charge in [0, 0.05) is 17.7 Å². The SMILES string of the molecule is COCCn1c(SCC(=O)c2c(C)cc(C)cc2C)nc2cc(Cl)ccc2c1=O. The summed E-state index contributed by atoms with van der Waals surface area (Å²) in [6.45, 7) is 6.64. The number of ether oxygens (including phenoxy) is 1. The van der Waals surface area contributed by atoms with Gasteiger partial charge in [0.1, 0.15) is 0 Å². The van der Waals surface area contributed by atoms with Crippen LogP contribution in [0.3, 0.4) is 0 Å². The number of aromatic nitrogens is 2. The first-order valence-electron chi connectivity index (χ1n) is 9.24. The lowest BCUT2D eigenvalue weighted by molar-refractivity contribution is 0.102. The first-order valence-corrected chi connectivity index (χ1v) is 10.6. The van der Waals surface area contributed by atoms with Crippen molar-refractivity contribution in [3.05, 3.63) is 68.0 Å². The first kappa shape index (κ1) is 21.6. The summed E-state index contributed by atoms with van der Waals surface area (Å²) in [6, 6.07) is 9.03. The number of hydrogen-bond acceptors (Lipinski definition) is 5. The monoisotopic (exact) mass is 430 g/mol. The molecule has 0 atom stereocenters. The molecule has 0 amide bonds. The largest absolute Gasteiger partial charge is 0.383 e. The Bertz CT molecular complexity index is 1120. The highest BCUT2D eigenvalue weighted by atomic mass is 35.5. The number of rotatable bonds is 7. The van der Waals surface area contributed by atoms with Crippen molar-refractivity contribution in [3.8, 4) is 0 Å². The van der Waals surface area contributed by atoms with Gasteiger partial charge in [0.25, 0.3) is 5.56 Å². The minimum atomic E-state index is -0.165. The van der Waals surface area contributed by atoms with E-state index >= 15 is 0 Å². The van der Waals surface area contributed by atoms with Crippen LogP contribution in [0.15, 0.2) is 40.3 Å². The van der Waals surface area contributed by atoms with Crippen molar-refractivity contribution in [1.82, 2.24) is 9.55 Å². The van der Waals surface area contributed by atoms with E-state index in [-0.39, 0.29) is 17.1 Å². The molecule has 0 spiro atoms. The van der Waals surface area contributed by atoms with Gasteiger partial charge in [-0.2, -0.15) is 0 Å². The standard InChI is InChI=1S/C22H23ClN2O3S/c1-13-9-14(2)20(15(3)10-13)19(26)12-29-22-24-18-11-16(23)5-6-17(18)21(27)25(22)7-8-28-4/h5-6,9-11H,7-8,12H2,1-4H3. The third-order valence-electron chi connectivity index (χ3n) is 4.69. The van der Waals surface area contributed by atoms with E-state index in [4.69, 9.17) is 16.3 Å². The maximum absolute atomic E-state index is 13.0. The fourth-order valence-corrected chi connectivity index (χ4v) is 4.55. The fourth-order valence-electron chi connectivity index (χ4n) is 3.49. The molecule has 0 aliphatic rings. The van der Waals surface area contributed by atoms with E-state index in [1.165, 1.54) is 11.8 Å². The average molecular weight is 431 g/mol. The van der Waals surface area contributed by atoms with Crippen LogP contribution in [0.2, 0.25) is 5.02 Å². The molecule has 1 heterocycles. The Hall–Kier alpha value is -2.15. The summed E-state index contributed by atoms with van der Waals surface area (Å²) in [7, 11) is 1.58. The quantitative estimate of drug-likeness (QED) is 0.311. The molecule has 152 valence electrons. The van der Waals surface area contributed by atoms with Crippen molar-refractivity contribution in [3.63, 3.8) is 0 Å². The van der Waals surface area contributed by atoms with E-state index in [0.29, 0.717) is 34.2 Å². The van der Waals surface area contributed by atoms with Crippen molar-refractivity contribution in [2.24, 2.45) is 0 Å². The van der Waals surface area contributed by atoms with E-state index < -0.39 is 0 Å². The van der Waals surface area contributed by atoms with E-state index in [1.807, 2.05) is 32.9 Å². The molecule has 29 heavy (non-hydrogen) atoms. The molecule has 3 aromatic rings. The van der Waals surface area contributed by atoms with Crippen molar-refractivity contribution < 1.29 is 9.53 Å². The van der Waals surface area contributed by atoms with Gasteiger partial charge < -0.3 is 4.74 Å². The second-order valence-electron chi connectivity index (χ2n) is 6.99. The third kappa shape index (κ3) is 4.71. The van der Waals surface area contributed by atoms with Crippen molar-refractivity contribution in [2.75, 3.05) is 19.5 Å². The highest BCUT2D eigenvalue weighted by Gasteiger charge is 2.17. The molecule has 3 rings (SSSR count). The van der Waals surface area contributed by atoms with Gasteiger partial charge in [-0.15, -0.1) is 0 Å². The van der Waals surface area contributed by atoms with E-state index in [0.717, 1.165) is 22.3 Å². The summed E-state index contributed by atoms with van der Waals surface area (Å²) in [5.41, 5.74) is 4.14. The minimum Gasteiger partial charge on any atom is -0.383 e. The Morgan fingerprint density at radius 1 is 1.17 bits per heavy atom. The molecule has 1 aromatic heterocycles. The second kappa shape index (κ2) is 9.11. The number of halogens is 1. The lowest BCUT2D eigenvalue weighted by atomic mass is 9.97. The Morgan fingerprint density at radius 3 is 2.52 bits per heavy atom.